The monoisotopic (exact) mass is 490 g/mol. The van der Waals surface area contributed by atoms with Crippen molar-refractivity contribution in [3.8, 4) is 22.9 Å². The molecule has 6 heteroatoms. The van der Waals surface area contributed by atoms with Crippen LogP contribution in [0.15, 0.2) is 66.9 Å². The van der Waals surface area contributed by atoms with Gasteiger partial charge in [-0.15, -0.1) is 0 Å². The van der Waals surface area contributed by atoms with E-state index in [2.05, 4.69) is 35.5 Å². The lowest BCUT2D eigenvalue weighted by atomic mass is 9.54. The van der Waals surface area contributed by atoms with Gasteiger partial charge in [0.2, 0.25) is 0 Å². The number of nitrogens with zero attached hydrogens (tertiary/aromatic N) is 3. The number of carbonyl (C=O) groups is 1. The van der Waals surface area contributed by atoms with Crippen molar-refractivity contribution in [1.29, 1.82) is 5.26 Å². The summed E-state index contributed by atoms with van der Waals surface area (Å²) in [6.07, 6.45) is 8.02. The van der Waals surface area contributed by atoms with Gasteiger partial charge in [0, 0.05) is 11.4 Å². The van der Waals surface area contributed by atoms with Gasteiger partial charge < -0.3 is 10.1 Å². The van der Waals surface area contributed by atoms with Gasteiger partial charge in [-0.05, 0) is 79.0 Å². The number of benzene rings is 3. The summed E-state index contributed by atoms with van der Waals surface area (Å²) in [5, 5.41) is 18.3. The molecule has 0 saturated heterocycles. The molecule has 2 fully saturated rings. The van der Waals surface area contributed by atoms with E-state index >= 15 is 0 Å². The maximum Gasteiger partial charge on any atom is 0.253 e. The van der Waals surface area contributed by atoms with Crippen LogP contribution in [0.1, 0.15) is 66.6 Å². The number of nitrogens with one attached hydrogen (secondary N) is 1. The van der Waals surface area contributed by atoms with Crippen molar-refractivity contribution in [3.05, 3.63) is 83.6 Å². The van der Waals surface area contributed by atoms with Crippen molar-refractivity contribution in [2.24, 2.45) is 5.41 Å². The SMILES string of the molecule is COc1cc(C#N)cc(-c2ccc([C@@H](C)n3ncc4cccc(C(=O)NC5CC6(CCC6)C5)c43)cc2)c1. The normalized spacial score (nSPS) is 17.0. The van der Waals surface area contributed by atoms with Crippen molar-refractivity contribution in [3.63, 3.8) is 0 Å². The molecule has 1 heterocycles. The molecule has 3 aromatic carbocycles. The summed E-state index contributed by atoms with van der Waals surface area (Å²) in [5.41, 5.74) is 5.63. The number of methoxy groups -OCH3 is 1. The molecule has 37 heavy (non-hydrogen) atoms. The summed E-state index contributed by atoms with van der Waals surface area (Å²) in [5.74, 6) is 0.644. The van der Waals surface area contributed by atoms with Crippen LogP contribution >= 0.6 is 0 Å². The number of nitriles is 1. The van der Waals surface area contributed by atoms with E-state index in [-0.39, 0.29) is 18.0 Å². The van der Waals surface area contributed by atoms with Crippen LogP contribution < -0.4 is 10.1 Å². The molecule has 4 aromatic rings. The number of rotatable bonds is 6. The Morgan fingerprint density at radius 1 is 1.14 bits per heavy atom. The van der Waals surface area contributed by atoms with Gasteiger partial charge in [0.1, 0.15) is 5.75 Å². The first-order chi connectivity index (χ1) is 18.0. The number of aromatic nitrogens is 2. The number of para-hydroxylation sites is 1. The predicted octanol–water partition coefficient (Wildman–Crippen LogP) is 6.26. The first kappa shape index (κ1) is 23.3. The van der Waals surface area contributed by atoms with Gasteiger partial charge >= 0.3 is 0 Å². The number of hydrogen-bond acceptors (Lipinski definition) is 4. The smallest absolute Gasteiger partial charge is 0.253 e. The second-order valence-corrected chi connectivity index (χ2v) is 10.6. The number of ether oxygens (including phenoxy) is 1. The van der Waals surface area contributed by atoms with E-state index < -0.39 is 0 Å². The van der Waals surface area contributed by atoms with E-state index in [4.69, 9.17) is 4.74 Å². The quantitative estimate of drug-likeness (QED) is 0.346. The third-order valence-corrected chi connectivity index (χ3v) is 8.34. The standard InChI is InChI=1S/C31H30N4O2/c1-20(22-7-9-23(10-8-22)25-13-21(18-32)14-27(15-25)37-2)35-29-24(19-33-35)5-3-6-28(29)30(36)34-26-16-31(17-26)11-4-12-31/h3,5-10,13-15,19-20,26H,4,11-12,16-17H2,1-2H3,(H,34,36)/t20-/m1/s1. The highest BCUT2D eigenvalue weighted by Crippen LogP contribution is 2.55. The number of hydrogen-bond donors (Lipinski definition) is 1. The van der Waals surface area contributed by atoms with Crippen molar-refractivity contribution in [1.82, 2.24) is 15.1 Å². The lowest BCUT2D eigenvalue weighted by Crippen LogP contribution is -2.53. The van der Waals surface area contributed by atoms with Crippen molar-refractivity contribution in [2.75, 3.05) is 7.11 Å². The van der Waals surface area contributed by atoms with Crippen LogP contribution in [0.5, 0.6) is 5.75 Å². The minimum absolute atomic E-state index is 0.0135. The Morgan fingerprint density at radius 3 is 2.59 bits per heavy atom. The fourth-order valence-corrected chi connectivity index (χ4v) is 6.06. The van der Waals surface area contributed by atoms with E-state index in [9.17, 15) is 10.1 Å². The minimum Gasteiger partial charge on any atom is -0.497 e. The van der Waals surface area contributed by atoms with Gasteiger partial charge in [0.15, 0.2) is 0 Å². The van der Waals surface area contributed by atoms with E-state index in [1.165, 1.54) is 19.3 Å². The highest BCUT2D eigenvalue weighted by atomic mass is 16.5. The fraction of sp³-hybridized carbons (Fsp3) is 0.323. The van der Waals surface area contributed by atoms with Crippen LogP contribution in [0.2, 0.25) is 0 Å². The van der Waals surface area contributed by atoms with Gasteiger partial charge in [0.25, 0.3) is 5.91 Å². The third kappa shape index (κ3) is 4.15. The van der Waals surface area contributed by atoms with Crippen LogP contribution in [0.3, 0.4) is 0 Å². The maximum atomic E-state index is 13.3. The summed E-state index contributed by atoms with van der Waals surface area (Å²) in [4.78, 5) is 13.3. The molecule has 1 N–H and O–H groups in total. The Balaban J connectivity index is 1.26. The van der Waals surface area contributed by atoms with Crippen LogP contribution in [-0.4, -0.2) is 28.8 Å². The largest absolute Gasteiger partial charge is 0.497 e. The Bertz CT molecular complexity index is 1520. The molecule has 186 valence electrons. The summed E-state index contributed by atoms with van der Waals surface area (Å²) < 4.78 is 7.31. The van der Waals surface area contributed by atoms with Gasteiger partial charge in [-0.3, -0.25) is 9.48 Å². The first-order valence-electron chi connectivity index (χ1n) is 13.0. The average molecular weight is 491 g/mol. The summed E-state index contributed by atoms with van der Waals surface area (Å²) in [6, 6.07) is 22.0. The molecule has 0 unspecified atom stereocenters. The van der Waals surface area contributed by atoms with Crippen LogP contribution in [0.4, 0.5) is 0 Å². The number of fused-ring (bicyclic) bond motifs is 1. The molecule has 2 saturated carbocycles. The zero-order valence-electron chi connectivity index (χ0n) is 21.2. The lowest BCUT2D eigenvalue weighted by Gasteiger charge is -2.54. The third-order valence-electron chi connectivity index (χ3n) is 8.34. The molecule has 0 bridgehead atoms. The second kappa shape index (κ2) is 9.08. The van der Waals surface area contributed by atoms with Gasteiger partial charge in [0.05, 0.1) is 42.1 Å². The molecule has 1 aromatic heterocycles. The van der Waals surface area contributed by atoms with Gasteiger partial charge in [-0.25, -0.2) is 0 Å². The number of amides is 1. The van der Waals surface area contributed by atoms with E-state index in [0.717, 1.165) is 40.4 Å². The van der Waals surface area contributed by atoms with Crippen molar-refractivity contribution in [2.45, 2.75) is 51.1 Å². The zero-order chi connectivity index (χ0) is 25.6. The van der Waals surface area contributed by atoms with E-state index in [1.807, 2.05) is 53.3 Å². The molecule has 0 radical (unpaired) electrons. The Hall–Kier alpha value is -4.11. The lowest BCUT2D eigenvalue weighted by molar-refractivity contribution is -0.000604. The Morgan fingerprint density at radius 2 is 1.92 bits per heavy atom. The molecule has 2 aliphatic carbocycles. The molecular formula is C31H30N4O2. The van der Waals surface area contributed by atoms with Crippen molar-refractivity contribution < 1.29 is 9.53 Å². The minimum atomic E-state index is -0.0672. The van der Waals surface area contributed by atoms with Crippen molar-refractivity contribution >= 4 is 16.8 Å². The number of carbonyl (C=O) groups excluding carboxylic acids is 1. The van der Waals surface area contributed by atoms with Crippen LogP contribution in [-0.2, 0) is 0 Å². The zero-order valence-corrected chi connectivity index (χ0v) is 21.2. The molecule has 0 aliphatic heterocycles. The molecule has 6 rings (SSSR count). The topological polar surface area (TPSA) is 79.9 Å². The Kier molecular flexibility index (Phi) is 5.72. The summed E-state index contributed by atoms with van der Waals surface area (Å²) in [7, 11) is 1.60. The molecule has 1 amide bonds. The highest BCUT2D eigenvalue weighted by Gasteiger charge is 2.48. The van der Waals surface area contributed by atoms with Gasteiger partial charge in [-0.2, -0.15) is 10.4 Å². The molecular weight excluding hydrogens is 460 g/mol. The predicted molar refractivity (Wildman–Crippen MR) is 143 cm³/mol. The second-order valence-electron chi connectivity index (χ2n) is 10.6. The highest BCUT2D eigenvalue weighted by molar-refractivity contribution is 6.05. The maximum absolute atomic E-state index is 13.3. The first-order valence-corrected chi connectivity index (χ1v) is 13.0. The molecule has 1 atom stereocenters. The van der Waals surface area contributed by atoms with E-state index in [0.29, 0.717) is 22.3 Å². The van der Waals surface area contributed by atoms with Gasteiger partial charge in [-0.1, -0.05) is 42.8 Å². The van der Waals surface area contributed by atoms with E-state index in [1.54, 1.807) is 13.2 Å². The average Bonchev–Trinajstić information content (AvgIpc) is 3.33. The molecule has 6 nitrogen and oxygen atoms in total. The fourth-order valence-electron chi connectivity index (χ4n) is 6.06. The summed E-state index contributed by atoms with van der Waals surface area (Å²) in [6.45, 7) is 2.10. The summed E-state index contributed by atoms with van der Waals surface area (Å²) >= 11 is 0. The molecule has 1 spiro atoms. The molecule has 2 aliphatic rings. The Labute approximate surface area is 216 Å². The van der Waals surface area contributed by atoms with Crippen LogP contribution in [0, 0.1) is 16.7 Å². The van der Waals surface area contributed by atoms with Crippen LogP contribution in [0.25, 0.3) is 22.0 Å².